The highest BCUT2D eigenvalue weighted by Crippen LogP contribution is 2.16. The fourth-order valence-electron chi connectivity index (χ4n) is 2.26. The van der Waals surface area contributed by atoms with E-state index in [0.29, 0.717) is 25.6 Å². The van der Waals surface area contributed by atoms with Gasteiger partial charge in [0.1, 0.15) is 0 Å². The molecule has 0 aromatic carbocycles. The molecule has 4 heteroatoms. The maximum Gasteiger partial charge on any atom is 0.333 e. The second kappa shape index (κ2) is 10.8. The van der Waals surface area contributed by atoms with Gasteiger partial charge in [0.2, 0.25) is 0 Å². The molecule has 0 N–H and O–H groups in total. The van der Waals surface area contributed by atoms with Crippen LogP contribution in [-0.4, -0.2) is 32.1 Å². The molecular weight excluding hydrogens is 268 g/mol. The van der Waals surface area contributed by atoms with Crippen LogP contribution in [0.4, 0.5) is 0 Å². The van der Waals surface area contributed by atoms with E-state index in [9.17, 15) is 4.79 Å². The summed E-state index contributed by atoms with van der Waals surface area (Å²) in [7, 11) is 0. The van der Waals surface area contributed by atoms with Crippen LogP contribution in [0.1, 0.15) is 59.3 Å². The average molecular weight is 298 g/mol. The number of ether oxygens (including phenoxy) is 3. The number of hydrogen-bond acceptors (Lipinski definition) is 4. The maximum absolute atomic E-state index is 11.9. The van der Waals surface area contributed by atoms with Crippen LogP contribution in [0.3, 0.4) is 0 Å². The first-order chi connectivity index (χ1) is 10.2. The van der Waals surface area contributed by atoms with Crippen molar-refractivity contribution in [3.05, 3.63) is 11.6 Å². The van der Waals surface area contributed by atoms with Crippen molar-refractivity contribution in [2.45, 2.75) is 65.6 Å². The number of allylic oxidation sites excluding steroid dienone is 1. The predicted octanol–water partition coefficient (Wildman–Crippen LogP) is 3.85. The van der Waals surface area contributed by atoms with E-state index in [4.69, 9.17) is 14.2 Å². The van der Waals surface area contributed by atoms with E-state index >= 15 is 0 Å². The quantitative estimate of drug-likeness (QED) is 0.368. The van der Waals surface area contributed by atoms with Crippen LogP contribution in [0.15, 0.2) is 11.6 Å². The maximum atomic E-state index is 11.9. The summed E-state index contributed by atoms with van der Waals surface area (Å²) in [5, 5.41) is 0. The third-order valence-electron chi connectivity index (χ3n) is 3.70. The van der Waals surface area contributed by atoms with Gasteiger partial charge in [-0.25, -0.2) is 4.79 Å². The third-order valence-corrected chi connectivity index (χ3v) is 3.70. The zero-order valence-corrected chi connectivity index (χ0v) is 13.7. The molecule has 0 aliphatic carbocycles. The van der Waals surface area contributed by atoms with E-state index < -0.39 is 0 Å². The fourth-order valence-corrected chi connectivity index (χ4v) is 2.26. The van der Waals surface area contributed by atoms with Gasteiger partial charge in [-0.3, -0.25) is 0 Å². The number of carbonyl (C=O) groups excluding carboxylic acids is 1. The van der Waals surface area contributed by atoms with E-state index in [-0.39, 0.29) is 12.3 Å². The van der Waals surface area contributed by atoms with Gasteiger partial charge in [0.05, 0.1) is 13.2 Å². The van der Waals surface area contributed by atoms with Gasteiger partial charge in [0.15, 0.2) is 6.29 Å². The van der Waals surface area contributed by atoms with E-state index in [1.807, 2.05) is 13.0 Å². The monoisotopic (exact) mass is 298 g/mol. The van der Waals surface area contributed by atoms with Crippen molar-refractivity contribution >= 4 is 5.97 Å². The molecule has 122 valence electrons. The van der Waals surface area contributed by atoms with Crippen LogP contribution < -0.4 is 0 Å². The lowest BCUT2D eigenvalue weighted by Crippen LogP contribution is -2.22. The summed E-state index contributed by atoms with van der Waals surface area (Å²) in [5.41, 5.74) is 0.777. The summed E-state index contributed by atoms with van der Waals surface area (Å²) in [6, 6.07) is 0. The van der Waals surface area contributed by atoms with Crippen molar-refractivity contribution < 1.29 is 19.0 Å². The van der Waals surface area contributed by atoms with Crippen LogP contribution in [0.5, 0.6) is 0 Å². The van der Waals surface area contributed by atoms with Crippen LogP contribution in [0, 0.1) is 5.92 Å². The van der Waals surface area contributed by atoms with Crippen molar-refractivity contribution in [3.8, 4) is 0 Å². The molecule has 1 saturated heterocycles. The summed E-state index contributed by atoms with van der Waals surface area (Å²) < 4.78 is 16.4. The zero-order valence-electron chi connectivity index (χ0n) is 13.7. The lowest BCUT2D eigenvalue weighted by molar-refractivity contribution is -0.162. The first-order valence-corrected chi connectivity index (χ1v) is 8.28. The van der Waals surface area contributed by atoms with E-state index in [1.165, 1.54) is 6.42 Å². The summed E-state index contributed by atoms with van der Waals surface area (Å²) in [6.07, 6.45) is 7.81. The highest BCUT2D eigenvalue weighted by atomic mass is 16.7. The van der Waals surface area contributed by atoms with Crippen LogP contribution in [0.25, 0.3) is 0 Å². The predicted molar refractivity (Wildman–Crippen MR) is 82.9 cm³/mol. The Morgan fingerprint density at radius 3 is 2.81 bits per heavy atom. The molecule has 0 spiro atoms. The topological polar surface area (TPSA) is 44.8 Å². The van der Waals surface area contributed by atoms with Gasteiger partial charge in [-0.15, -0.1) is 0 Å². The van der Waals surface area contributed by atoms with Crippen molar-refractivity contribution in [1.29, 1.82) is 0 Å². The number of esters is 1. The fraction of sp³-hybridized carbons (Fsp3) is 0.824. The third kappa shape index (κ3) is 7.63. The molecule has 2 atom stereocenters. The minimum Gasteiger partial charge on any atom is -0.463 e. The summed E-state index contributed by atoms with van der Waals surface area (Å²) >= 11 is 0. The molecule has 0 aromatic rings. The highest BCUT2D eigenvalue weighted by Gasteiger charge is 2.15. The largest absolute Gasteiger partial charge is 0.463 e. The second-order valence-corrected chi connectivity index (χ2v) is 5.57. The van der Waals surface area contributed by atoms with E-state index in [1.54, 1.807) is 0 Å². The zero-order chi connectivity index (χ0) is 15.5. The Bertz CT molecular complexity index is 319. The van der Waals surface area contributed by atoms with Crippen molar-refractivity contribution in [3.63, 3.8) is 0 Å². The number of hydrogen-bond donors (Lipinski definition) is 0. The van der Waals surface area contributed by atoms with Crippen molar-refractivity contribution in [2.24, 2.45) is 5.92 Å². The Kier molecular flexibility index (Phi) is 9.35. The molecular formula is C17H30O4. The first-order valence-electron chi connectivity index (χ1n) is 8.28. The molecule has 0 aromatic heterocycles. The van der Waals surface area contributed by atoms with Gasteiger partial charge in [0, 0.05) is 12.2 Å². The Labute approximate surface area is 128 Å². The van der Waals surface area contributed by atoms with Gasteiger partial charge in [0.25, 0.3) is 0 Å². The molecule has 21 heavy (non-hydrogen) atoms. The minimum atomic E-state index is -0.188. The van der Waals surface area contributed by atoms with Crippen LogP contribution in [0.2, 0.25) is 0 Å². The Balaban J connectivity index is 2.34. The molecule has 1 unspecified atom stereocenters. The lowest BCUT2D eigenvalue weighted by atomic mass is 10.0. The number of carbonyl (C=O) groups is 1. The van der Waals surface area contributed by atoms with Gasteiger partial charge >= 0.3 is 5.97 Å². The second-order valence-electron chi connectivity index (χ2n) is 5.57. The van der Waals surface area contributed by atoms with Gasteiger partial charge in [-0.2, -0.15) is 0 Å². The molecule has 1 rings (SSSR count). The molecule has 0 radical (unpaired) electrons. The summed E-state index contributed by atoms with van der Waals surface area (Å²) in [5.74, 6) is 0.207. The molecule has 4 nitrogen and oxygen atoms in total. The SMILES string of the molecule is CCOC(=O)/C(=C/[C@@H](C)CC)CCCOC1CCCCO1. The highest BCUT2D eigenvalue weighted by molar-refractivity contribution is 5.88. The molecule has 0 bridgehead atoms. The molecule has 1 aliphatic heterocycles. The Morgan fingerprint density at radius 1 is 1.38 bits per heavy atom. The molecule has 1 fully saturated rings. The number of rotatable bonds is 9. The van der Waals surface area contributed by atoms with Crippen molar-refractivity contribution in [1.82, 2.24) is 0 Å². The summed E-state index contributed by atoms with van der Waals surface area (Å²) in [4.78, 5) is 11.9. The molecule has 0 amide bonds. The Morgan fingerprint density at radius 2 is 2.19 bits per heavy atom. The van der Waals surface area contributed by atoms with E-state index in [2.05, 4.69) is 13.8 Å². The van der Waals surface area contributed by atoms with Gasteiger partial charge in [-0.1, -0.05) is 26.3 Å². The molecule has 1 heterocycles. The molecule has 0 saturated carbocycles. The smallest absolute Gasteiger partial charge is 0.333 e. The van der Waals surface area contributed by atoms with Gasteiger partial charge in [-0.05, 0) is 44.9 Å². The molecule has 1 aliphatic rings. The lowest BCUT2D eigenvalue weighted by Gasteiger charge is -2.22. The first kappa shape index (κ1) is 18.2. The average Bonchev–Trinajstić information content (AvgIpc) is 2.51. The Hall–Kier alpha value is -0.870. The van der Waals surface area contributed by atoms with E-state index in [0.717, 1.165) is 37.9 Å². The van der Waals surface area contributed by atoms with Gasteiger partial charge < -0.3 is 14.2 Å². The van der Waals surface area contributed by atoms with Crippen LogP contribution in [-0.2, 0) is 19.0 Å². The van der Waals surface area contributed by atoms with Crippen molar-refractivity contribution in [2.75, 3.05) is 19.8 Å². The minimum absolute atomic E-state index is 0.0525. The van der Waals surface area contributed by atoms with Crippen LogP contribution >= 0.6 is 0 Å². The normalized spacial score (nSPS) is 21.1. The summed E-state index contributed by atoms with van der Waals surface area (Å²) in [6.45, 7) is 7.92. The standard InChI is InChI=1S/C17H30O4/c1-4-14(3)13-15(17(18)19-5-2)9-8-12-21-16-10-6-7-11-20-16/h13-14,16H,4-12H2,1-3H3/b15-13+/t14-,16?/m0/s1.